The van der Waals surface area contributed by atoms with E-state index in [2.05, 4.69) is 15.3 Å². The molecule has 6 heteroatoms. The molecular weight excluding hydrogens is 366 g/mol. The number of para-hydroxylation sites is 4. The molecule has 0 bridgehead atoms. The van der Waals surface area contributed by atoms with Gasteiger partial charge in [-0.25, -0.2) is 4.98 Å². The molecule has 0 spiro atoms. The number of carbonyl (C=O) groups excluding carboxylic acids is 1. The van der Waals surface area contributed by atoms with Crippen LogP contribution in [0.5, 0.6) is 0 Å². The molecular formula is C23H15N3O3. The number of rotatable bonds is 3. The third kappa shape index (κ3) is 2.96. The lowest BCUT2D eigenvalue weighted by Crippen LogP contribution is -2.21. The van der Waals surface area contributed by atoms with Gasteiger partial charge in [0, 0.05) is 5.56 Å². The Morgan fingerprint density at radius 1 is 0.931 bits per heavy atom. The van der Waals surface area contributed by atoms with E-state index in [1.807, 2.05) is 42.5 Å². The zero-order valence-corrected chi connectivity index (χ0v) is 15.2. The van der Waals surface area contributed by atoms with Crippen LogP contribution in [0, 0.1) is 0 Å². The van der Waals surface area contributed by atoms with E-state index >= 15 is 0 Å². The van der Waals surface area contributed by atoms with E-state index in [0.29, 0.717) is 22.5 Å². The number of carbonyl (C=O) groups is 1. The van der Waals surface area contributed by atoms with Gasteiger partial charge in [0.25, 0.3) is 5.91 Å². The van der Waals surface area contributed by atoms with Crippen LogP contribution in [0.2, 0.25) is 0 Å². The first kappa shape index (κ1) is 16.9. The van der Waals surface area contributed by atoms with Crippen molar-refractivity contribution in [2.24, 2.45) is 0 Å². The monoisotopic (exact) mass is 381 g/mol. The first-order valence-electron chi connectivity index (χ1n) is 9.07. The number of fused-ring (bicyclic) bond motifs is 2. The number of aromatic nitrogens is 2. The Morgan fingerprint density at radius 3 is 2.59 bits per heavy atom. The second-order valence-corrected chi connectivity index (χ2v) is 6.58. The highest BCUT2D eigenvalue weighted by Gasteiger charge is 2.17. The molecule has 1 amide bonds. The lowest BCUT2D eigenvalue weighted by atomic mass is 10.1. The summed E-state index contributed by atoms with van der Waals surface area (Å²) in [5.74, 6) is 0.0979. The second kappa shape index (κ2) is 6.76. The number of aromatic amines is 1. The maximum Gasteiger partial charge on any atom is 0.262 e. The van der Waals surface area contributed by atoms with Crippen molar-refractivity contribution in [3.63, 3.8) is 0 Å². The molecule has 0 fully saturated rings. The molecule has 0 aliphatic rings. The van der Waals surface area contributed by atoms with Crippen LogP contribution in [0.25, 0.3) is 33.4 Å². The van der Waals surface area contributed by atoms with Crippen LogP contribution in [0.3, 0.4) is 0 Å². The quantitative estimate of drug-likeness (QED) is 0.478. The number of imidazole rings is 1. The van der Waals surface area contributed by atoms with Crippen molar-refractivity contribution < 1.29 is 9.21 Å². The molecule has 5 rings (SSSR count). The summed E-state index contributed by atoms with van der Waals surface area (Å²) in [6.45, 7) is 0. The van der Waals surface area contributed by atoms with E-state index in [1.54, 1.807) is 30.3 Å². The number of nitrogens with zero attached hydrogens (tertiary/aromatic N) is 1. The van der Waals surface area contributed by atoms with Gasteiger partial charge in [-0.3, -0.25) is 9.59 Å². The first-order chi connectivity index (χ1) is 14.2. The van der Waals surface area contributed by atoms with Crippen molar-refractivity contribution in [3.8, 4) is 11.4 Å². The molecule has 0 unspecified atom stereocenters. The van der Waals surface area contributed by atoms with E-state index < -0.39 is 5.91 Å². The third-order valence-corrected chi connectivity index (χ3v) is 4.74. The Kier molecular flexibility index (Phi) is 3.95. The number of benzene rings is 3. The van der Waals surface area contributed by atoms with E-state index in [4.69, 9.17) is 4.42 Å². The van der Waals surface area contributed by atoms with Gasteiger partial charge < -0.3 is 14.7 Å². The Morgan fingerprint density at radius 2 is 1.69 bits per heavy atom. The largest absolute Gasteiger partial charge is 0.463 e. The van der Waals surface area contributed by atoms with Gasteiger partial charge in [0.2, 0.25) is 5.43 Å². The highest BCUT2D eigenvalue weighted by molar-refractivity contribution is 6.07. The highest BCUT2D eigenvalue weighted by atomic mass is 16.3. The molecule has 0 aliphatic carbocycles. The maximum absolute atomic E-state index is 12.8. The summed E-state index contributed by atoms with van der Waals surface area (Å²) in [5.41, 5.74) is 3.02. The summed E-state index contributed by atoms with van der Waals surface area (Å²) in [5, 5.41) is 3.18. The molecule has 5 aromatic rings. The minimum Gasteiger partial charge on any atom is -0.463 e. The smallest absolute Gasteiger partial charge is 0.262 e. The molecule has 0 radical (unpaired) electrons. The van der Waals surface area contributed by atoms with Crippen LogP contribution < -0.4 is 10.7 Å². The normalized spacial score (nSPS) is 11.0. The minimum atomic E-state index is -0.534. The fourth-order valence-electron chi connectivity index (χ4n) is 3.30. The number of hydrogen-bond donors (Lipinski definition) is 2. The van der Waals surface area contributed by atoms with E-state index in [9.17, 15) is 9.59 Å². The molecule has 2 N–H and O–H groups in total. The predicted molar refractivity (Wildman–Crippen MR) is 112 cm³/mol. The van der Waals surface area contributed by atoms with Crippen LogP contribution in [0.1, 0.15) is 10.4 Å². The summed E-state index contributed by atoms with van der Waals surface area (Å²) >= 11 is 0. The van der Waals surface area contributed by atoms with Crippen LogP contribution in [-0.4, -0.2) is 15.9 Å². The standard InChI is InChI=1S/C23H15N3O3/c27-21-15-8-2-6-12-20(15)29-13-16(21)23(28)26-17-9-3-1-7-14(17)22-24-18-10-4-5-11-19(18)25-22/h1-13H,(H,24,25)(H,26,28). The topological polar surface area (TPSA) is 88.0 Å². The molecule has 0 atom stereocenters. The predicted octanol–water partition coefficient (Wildman–Crippen LogP) is 4.59. The van der Waals surface area contributed by atoms with Gasteiger partial charge in [-0.05, 0) is 36.4 Å². The molecule has 3 aromatic carbocycles. The summed E-state index contributed by atoms with van der Waals surface area (Å²) in [6.07, 6.45) is 1.20. The summed E-state index contributed by atoms with van der Waals surface area (Å²) in [7, 11) is 0. The molecule has 0 aliphatic heterocycles. The molecule has 2 heterocycles. The van der Waals surface area contributed by atoms with Crippen molar-refractivity contribution in [1.82, 2.24) is 9.97 Å². The van der Waals surface area contributed by atoms with Gasteiger partial charge in [-0.2, -0.15) is 0 Å². The Labute approximate surface area is 164 Å². The molecule has 140 valence electrons. The minimum absolute atomic E-state index is 0.0527. The molecule has 0 saturated heterocycles. The average Bonchev–Trinajstić information content (AvgIpc) is 3.18. The highest BCUT2D eigenvalue weighted by Crippen LogP contribution is 2.27. The second-order valence-electron chi connectivity index (χ2n) is 6.58. The Hall–Kier alpha value is -4.19. The van der Waals surface area contributed by atoms with Gasteiger partial charge in [-0.15, -0.1) is 0 Å². The summed E-state index contributed by atoms with van der Waals surface area (Å²) < 4.78 is 5.46. The lowest BCUT2D eigenvalue weighted by Gasteiger charge is -2.09. The SMILES string of the molecule is O=C(Nc1ccccc1-c1nc2ccccc2[nH]1)c1coc2ccccc2c1=O. The van der Waals surface area contributed by atoms with E-state index in [-0.39, 0.29) is 11.0 Å². The number of nitrogens with one attached hydrogen (secondary N) is 2. The van der Waals surface area contributed by atoms with E-state index in [1.165, 1.54) is 6.26 Å². The molecule has 6 nitrogen and oxygen atoms in total. The van der Waals surface area contributed by atoms with Crippen molar-refractivity contribution in [2.45, 2.75) is 0 Å². The fraction of sp³-hybridized carbons (Fsp3) is 0. The van der Waals surface area contributed by atoms with Gasteiger partial charge in [0.05, 0.1) is 22.1 Å². The molecule has 0 saturated carbocycles. The number of anilines is 1. The maximum atomic E-state index is 12.8. The van der Waals surface area contributed by atoms with Crippen LogP contribution in [0.15, 0.2) is 88.3 Å². The Balaban J connectivity index is 1.54. The van der Waals surface area contributed by atoms with Crippen LogP contribution in [-0.2, 0) is 0 Å². The zero-order valence-electron chi connectivity index (χ0n) is 15.2. The Bertz CT molecular complexity index is 1400. The third-order valence-electron chi connectivity index (χ3n) is 4.74. The van der Waals surface area contributed by atoms with E-state index in [0.717, 1.165) is 16.6 Å². The number of H-pyrrole nitrogens is 1. The molecule has 29 heavy (non-hydrogen) atoms. The van der Waals surface area contributed by atoms with Gasteiger partial charge in [-0.1, -0.05) is 36.4 Å². The van der Waals surface area contributed by atoms with Gasteiger partial charge >= 0.3 is 0 Å². The lowest BCUT2D eigenvalue weighted by molar-refractivity contribution is 0.102. The van der Waals surface area contributed by atoms with Crippen molar-refractivity contribution >= 4 is 33.6 Å². The number of amides is 1. The molecule has 2 aromatic heterocycles. The van der Waals surface area contributed by atoms with Crippen LogP contribution in [0.4, 0.5) is 5.69 Å². The van der Waals surface area contributed by atoms with Crippen molar-refractivity contribution in [3.05, 3.63) is 94.8 Å². The van der Waals surface area contributed by atoms with Crippen LogP contribution >= 0.6 is 0 Å². The number of hydrogen-bond acceptors (Lipinski definition) is 4. The first-order valence-corrected chi connectivity index (χ1v) is 9.07. The fourth-order valence-corrected chi connectivity index (χ4v) is 3.30. The van der Waals surface area contributed by atoms with Gasteiger partial charge in [0.15, 0.2) is 0 Å². The summed E-state index contributed by atoms with van der Waals surface area (Å²) in [4.78, 5) is 33.4. The van der Waals surface area contributed by atoms with Crippen molar-refractivity contribution in [2.75, 3.05) is 5.32 Å². The van der Waals surface area contributed by atoms with Gasteiger partial charge in [0.1, 0.15) is 23.2 Å². The van der Waals surface area contributed by atoms with Crippen molar-refractivity contribution in [1.29, 1.82) is 0 Å². The average molecular weight is 381 g/mol. The summed E-state index contributed by atoms with van der Waals surface area (Å²) in [6, 6.07) is 21.8. The zero-order chi connectivity index (χ0) is 19.8.